The zero-order chi connectivity index (χ0) is 10.2. The van der Waals surface area contributed by atoms with E-state index in [1.165, 1.54) is 0 Å². The minimum atomic E-state index is -1.11. The molecule has 1 heterocycles. The quantitative estimate of drug-likeness (QED) is 0.740. The van der Waals surface area contributed by atoms with E-state index in [9.17, 15) is 4.79 Å². The first-order valence-corrected chi connectivity index (χ1v) is 4.26. The monoisotopic (exact) mass is 219 g/mol. The van der Waals surface area contributed by atoms with Crippen LogP contribution in [0.15, 0.2) is 0 Å². The first kappa shape index (κ1) is 10.3. The van der Waals surface area contributed by atoms with Crippen LogP contribution in [-0.4, -0.2) is 16.1 Å². The third-order valence-corrected chi connectivity index (χ3v) is 2.54. The number of rotatable bonds is 1. The smallest absolute Gasteiger partial charge is 0.339 e. The average molecular weight is 220 g/mol. The Morgan fingerprint density at radius 1 is 1.38 bits per heavy atom. The average Bonchev–Trinajstić information content (AvgIpc) is 1.99. The molecular formula is C8H7Cl2NO2. The molecule has 0 fully saturated rings. The van der Waals surface area contributed by atoms with Gasteiger partial charge in [-0.05, 0) is 19.4 Å². The fraction of sp³-hybridized carbons (Fsp3) is 0.250. The second-order valence-electron chi connectivity index (χ2n) is 2.61. The molecule has 0 unspecified atom stereocenters. The van der Waals surface area contributed by atoms with Crippen LogP contribution in [0.4, 0.5) is 0 Å². The van der Waals surface area contributed by atoms with Crippen LogP contribution in [0.5, 0.6) is 0 Å². The third kappa shape index (κ3) is 1.76. The van der Waals surface area contributed by atoms with E-state index >= 15 is 0 Å². The Kier molecular flexibility index (Phi) is 2.78. The normalized spacial score (nSPS) is 10.2. The predicted octanol–water partition coefficient (Wildman–Crippen LogP) is 2.70. The van der Waals surface area contributed by atoms with Crippen molar-refractivity contribution in [2.45, 2.75) is 13.8 Å². The second kappa shape index (κ2) is 3.52. The van der Waals surface area contributed by atoms with Crippen molar-refractivity contribution < 1.29 is 9.90 Å². The van der Waals surface area contributed by atoms with Crippen LogP contribution in [0.1, 0.15) is 21.6 Å². The van der Waals surface area contributed by atoms with Crippen LogP contribution in [0.2, 0.25) is 10.2 Å². The number of hydrogen-bond donors (Lipinski definition) is 1. The van der Waals surface area contributed by atoms with E-state index in [2.05, 4.69) is 4.98 Å². The molecule has 1 N–H and O–H groups in total. The minimum absolute atomic E-state index is 0.0214. The lowest BCUT2D eigenvalue weighted by molar-refractivity contribution is 0.0696. The largest absolute Gasteiger partial charge is 0.478 e. The molecule has 0 atom stereocenters. The van der Waals surface area contributed by atoms with Crippen LogP contribution in [0.25, 0.3) is 0 Å². The van der Waals surface area contributed by atoms with Gasteiger partial charge in [-0.15, -0.1) is 0 Å². The lowest BCUT2D eigenvalue weighted by atomic mass is 10.1. The molecule has 0 aliphatic heterocycles. The van der Waals surface area contributed by atoms with Crippen LogP contribution in [0, 0.1) is 13.8 Å². The maximum absolute atomic E-state index is 10.7. The number of aryl methyl sites for hydroxylation is 1. The summed E-state index contributed by atoms with van der Waals surface area (Å²) in [4.78, 5) is 14.5. The maximum atomic E-state index is 10.7. The predicted molar refractivity (Wildman–Crippen MR) is 50.7 cm³/mol. The standard InChI is InChI=1S/C8H7Cl2NO2/c1-3-5(8(12)13)7(10)11-4(2)6(3)9/h1-2H3,(H,12,13). The van der Waals surface area contributed by atoms with Crippen molar-refractivity contribution in [3.05, 3.63) is 27.0 Å². The summed E-state index contributed by atoms with van der Waals surface area (Å²) >= 11 is 11.5. The van der Waals surface area contributed by atoms with Gasteiger partial charge in [0, 0.05) is 0 Å². The number of carboxylic acids is 1. The lowest BCUT2D eigenvalue weighted by Crippen LogP contribution is -2.04. The van der Waals surface area contributed by atoms with Gasteiger partial charge in [0.1, 0.15) is 10.7 Å². The summed E-state index contributed by atoms with van der Waals surface area (Å²) in [6.07, 6.45) is 0. The lowest BCUT2D eigenvalue weighted by Gasteiger charge is -2.06. The molecule has 0 amide bonds. The van der Waals surface area contributed by atoms with E-state index in [-0.39, 0.29) is 10.7 Å². The van der Waals surface area contributed by atoms with Gasteiger partial charge in [0.2, 0.25) is 0 Å². The van der Waals surface area contributed by atoms with Gasteiger partial charge in [-0.25, -0.2) is 9.78 Å². The van der Waals surface area contributed by atoms with Crippen molar-refractivity contribution in [2.24, 2.45) is 0 Å². The Morgan fingerprint density at radius 3 is 2.38 bits per heavy atom. The number of nitrogens with zero attached hydrogens (tertiary/aromatic N) is 1. The van der Waals surface area contributed by atoms with Crippen LogP contribution in [0.3, 0.4) is 0 Å². The summed E-state index contributed by atoms with van der Waals surface area (Å²) in [6, 6.07) is 0. The van der Waals surface area contributed by atoms with E-state index in [1.54, 1.807) is 13.8 Å². The molecule has 1 rings (SSSR count). The van der Waals surface area contributed by atoms with E-state index in [4.69, 9.17) is 28.3 Å². The van der Waals surface area contributed by atoms with Gasteiger partial charge >= 0.3 is 5.97 Å². The van der Waals surface area contributed by atoms with E-state index in [1.807, 2.05) is 0 Å². The molecule has 0 aromatic carbocycles. The van der Waals surface area contributed by atoms with Gasteiger partial charge in [-0.2, -0.15) is 0 Å². The molecule has 5 heteroatoms. The van der Waals surface area contributed by atoms with Gasteiger partial charge in [0.25, 0.3) is 0 Å². The molecule has 0 saturated carbocycles. The van der Waals surface area contributed by atoms with Crippen molar-refractivity contribution in [1.29, 1.82) is 0 Å². The molecule has 3 nitrogen and oxygen atoms in total. The zero-order valence-electron chi connectivity index (χ0n) is 7.06. The molecular weight excluding hydrogens is 213 g/mol. The van der Waals surface area contributed by atoms with Crippen molar-refractivity contribution >= 4 is 29.2 Å². The topological polar surface area (TPSA) is 50.2 Å². The molecule has 0 aliphatic rings. The highest BCUT2D eigenvalue weighted by Gasteiger charge is 2.17. The van der Waals surface area contributed by atoms with Crippen molar-refractivity contribution in [3.8, 4) is 0 Å². The van der Waals surface area contributed by atoms with Gasteiger partial charge in [-0.3, -0.25) is 0 Å². The SMILES string of the molecule is Cc1nc(Cl)c(C(=O)O)c(C)c1Cl. The first-order chi connectivity index (χ1) is 5.95. The Labute approximate surface area is 85.3 Å². The van der Waals surface area contributed by atoms with Crippen LogP contribution in [-0.2, 0) is 0 Å². The van der Waals surface area contributed by atoms with Crippen molar-refractivity contribution in [3.63, 3.8) is 0 Å². The number of halogens is 2. The molecule has 0 spiro atoms. The van der Waals surface area contributed by atoms with E-state index < -0.39 is 5.97 Å². The van der Waals surface area contributed by atoms with Crippen LogP contribution < -0.4 is 0 Å². The second-order valence-corrected chi connectivity index (χ2v) is 3.34. The van der Waals surface area contributed by atoms with Gasteiger partial charge in [0.15, 0.2) is 0 Å². The molecule has 0 radical (unpaired) electrons. The number of hydrogen-bond acceptors (Lipinski definition) is 2. The molecule has 0 saturated heterocycles. The van der Waals surface area contributed by atoms with E-state index in [0.717, 1.165) is 0 Å². The Hall–Kier alpha value is -0.800. The fourth-order valence-corrected chi connectivity index (χ4v) is 1.52. The molecule has 0 bridgehead atoms. The molecule has 0 aliphatic carbocycles. The van der Waals surface area contributed by atoms with Gasteiger partial charge in [0.05, 0.1) is 10.7 Å². The minimum Gasteiger partial charge on any atom is -0.478 e. The number of pyridine rings is 1. The Bertz CT molecular complexity index is 377. The number of aromatic nitrogens is 1. The fourth-order valence-electron chi connectivity index (χ4n) is 1.04. The summed E-state index contributed by atoms with van der Waals surface area (Å²) in [7, 11) is 0. The highest BCUT2D eigenvalue weighted by molar-refractivity contribution is 6.35. The molecule has 13 heavy (non-hydrogen) atoms. The van der Waals surface area contributed by atoms with E-state index in [0.29, 0.717) is 16.3 Å². The number of carbonyl (C=O) groups is 1. The summed E-state index contributed by atoms with van der Waals surface area (Å²) in [5.41, 5.74) is 0.957. The summed E-state index contributed by atoms with van der Waals surface area (Å²) in [5.74, 6) is -1.11. The molecule has 1 aromatic heterocycles. The number of aromatic carboxylic acids is 1. The summed E-state index contributed by atoms with van der Waals surface area (Å²) in [5, 5.41) is 9.11. The summed E-state index contributed by atoms with van der Waals surface area (Å²) in [6.45, 7) is 3.28. The Morgan fingerprint density at radius 2 is 1.92 bits per heavy atom. The molecule has 1 aromatic rings. The highest BCUT2D eigenvalue weighted by atomic mass is 35.5. The Balaban J connectivity index is 3.53. The summed E-state index contributed by atoms with van der Waals surface area (Å²) < 4.78 is 0. The van der Waals surface area contributed by atoms with Crippen LogP contribution >= 0.6 is 23.2 Å². The highest BCUT2D eigenvalue weighted by Crippen LogP contribution is 2.26. The van der Waals surface area contributed by atoms with Gasteiger partial charge < -0.3 is 5.11 Å². The van der Waals surface area contributed by atoms with Crippen molar-refractivity contribution in [2.75, 3.05) is 0 Å². The third-order valence-electron chi connectivity index (χ3n) is 1.71. The molecule has 70 valence electrons. The number of carboxylic acid groups (broad SMARTS) is 1. The zero-order valence-corrected chi connectivity index (χ0v) is 8.57. The van der Waals surface area contributed by atoms with Gasteiger partial charge in [-0.1, -0.05) is 23.2 Å². The van der Waals surface area contributed by atoms with Crippen molar-refractivity contribution in [1.82, 2.24) is 4.98 Å². The maximum Gasteiger partial charge on any atom is 0.339 e. The first-order valence-electron chi connectivity index (χ1n) is 3.50.